The molecule has 3 N–H and O–H groups in total. The lowest BCUT2D eigenvalue weighted by molar-refractivity contribution is -0.106. The van der Waals surface area contributed by atoms with Gasteiger partial charge in [0.1, 0.15) is 23.1 Å². The van der Waals surface area contributed by atoms with Gasteiger partial charge in [-0.25, -0.2) is 4.98 Å². The molecule has 3 rings (SSSR count). The molecule has 0 bridgehead atoms. The van der Waals surface area contributed by atoms with Crippen LogP contribution in [0.4, 0.5) is 17.1 Å². The molecule has 0 atom stereocenters. The number of hydrogen-bond acceptors (Lipinski definition) is 6. The molecular weight excluding hydrogens is 342 g/mol. The van der Waals surface area contributed by atoms with Gasteiger partial charge in [0.15, 0.2) is 0 Å². The van der Waals surface area contributed by atoms with Gasteiger partial charge in [-0.2, -0.15) is 5.26 Å². The molecule has 0 fully saturated rings. The molecule has 0 aliphatic heterocycles. The number of nitriles is 1. The van der Waals surface area contributed by atoms with Gasteiger partial charge in [0.2, 0.25) is 5.56 Å². The summed E-state index contributed by atoms with van der Waals surface area (Å²) in [6, 6.07) is 10.3. The molecule has 2 heterocycles. The third-order valence-corrected chi connectivity index (χ3v) is 3.80. The van der Waals surface area contributed by atoms with Gasteiger partial charge in [-0.1, -0.05) is 11.6 Å². The van der Waals surface area contributed by atoms with Crippen molar-refractivity contribution in [3.05, 3.63) is 57.6 Å². The number of fused-ring (bicyclic) bond motifs is 1. The van der Waals surface area contributed by atoms with Gasteiger partial charge >= 0.3 is 0 Å². The van der Waals surface area contributed by atoms with E-state index in [1.165, 1.54) is 12.3 Å². The Hall–Kier alpha value is -3.37. The van der Waals surface area contributed by atoms with E-state index in [1.807, 2.05) is 6.07 Å². The van der Waals surface area contributed by atoms with Gasteiger partial charge in [-0.3, -0.25) is 4.79 Å². The number of halogens is 1. The number of aldehydes is 1. The maximum Gasteiger partial charge on any atom is 0.250 e. The van der Waals surface area contributed by atoms with E-state index in [0.717, 1.165) is 5.39 Å². The van der Waals surface area contributed by atoms with Crippen LogP contribution in [0.5, 0.6) is 0 Å². The third kappa shape index (κ3) is 3.44. The van der Waals surface area contributed by atoms with E-state index >= 15 is 0 Å². The summed E-state index contributed by atoms with van der Waals surface area (Å²) in [5.74, 6) is 0. The normalized spacial score (nSPS) is 10.2. The van der Waals surface area contributed by atoms with Crippen LogP contribution in [0.25, 0.3) is 10.9 Å². The molecule has 0 saturated carbocycles. The van der Waals surface area contributed by atoms with Crippen LogP contribution in [0.2, 0.25) is 5.15 Å². The summed E-state index contributed by atoms with van der Waals surface area (Å²) in [7, 11) is 0. The molecule has 0 spiro atoms. The molecule has 3 aromatic rings. The van der Waals surface area contributed by atoms with Gasteiger partial charge < -0.3 is 20.4 Å². The Morgan fingerprint density at radius 2 is 2.12 bits per heavy atom. The van der Waals surface area contributed by atoms with E-state index in [2.05, 4.69) is 20.6 Å². The molecular formula is C17H12ClN5O2. The topological polar surface area (TPSA) is 111 Å². The van der Waals surface area contributed by atoms with Crippen molar-refractivity contribution in [1.82, 2.24) is 9.97 Å². The maximum absolute atomic E-state index is 11.7. The van der Waals surface area contributed by atoms with Crippen LogP contribution in [0.15, 0.2) is 41.3 Å². The molecule has 8 heteroatoms. The zero-order valence-corrected chi connectivity index (χ0v) is 13.6. The number of carbonyl (C=O) groups is 1. The molecule has 0 unspecified atom stereocenters. The monoisotopic (exact) mass is 353 g/mol. The van der Waals surface area contributed by atoms with Crippen LogP contribution in [-0.2, 0) is 4.79 Å². The van der Waals surface area contributed by atoms with Crippen molar-refractivity contribution in [3.63, 3.8) is 0 Å². The first kappa shape index (κ1) is 16.5. The third-order valence-electron chi connectivity index (χ3n) is 3.51. The van der Waals surface area contributed by atoms with E-state index in [-0.39, 0.29) is 22.8 Å². The number of anilines is 3. The molecule has 0 saturated heterocycles. The summed E-state index contributed by atoms with van der Waals surface area (Å²) in [5.41, 5.74) is 2.35. The average Bonchev–Trinajstić information content (AvgIpc) is 2.60. The summed E-state index contributed by atoms with van der Waals surface area (Å²) < 4.78 is 0. The van der Waals surface area contributed by atoms with Crippen LogP contribution in [0.1, 0.15) is 5.56 Å². The number of aromatic nitrogens is 2. The smallest absolute Gasteiger partial charge is 0.250 e. The highest BCUT2D eigenvalue weighted by Crippen LogP contribution is 2.28. The van der Waals surface area contributed by atoms with E-state index in [4.69, 9.17) is 11.6 Å². The Labute approximate surface area is 147 Å². The fraction of sp³-hybridized carbons (Fsp3) is 0.0588. The van der Waals surface area contributed by atoms with E-state index < -0.39 is 0 Å². The van der Waals surface area contributed by atoms with Gasteiger partial charge in [-0.05, 0) is 24.3 Å². The van der Waals surface area contributed by atoms with Crippen molar-refractivity contribution in [2.24, 2.45) is 0 Å². The summed E-state index contributed by atoms with van der Waals surface area (Å²) in [4.78, 5) is 28.9. The van der Waals surface area contributed by atoms with Crippen molar-refractivity contribution in [2.75, 3.05) is 17.2 Å². The number of pyridine rings is 2. The standard InChI is InChI=1S/C17H12ClN5O2/c18-17-12(9-19)14(3-4-21-17)22-10-1-2-13-11(7-10)15(20-5-6-24)8-16(25)23-13/h1-4,6-8H,5H2,(H,21,22)(H2,20,23,25). The number of H-pyrrole nitrogens is 1. The molecule has 7 nitrogen and oxygen atoms in total. The molecule has 0 aliphatic carbocycles. The molecule has 0 aliphatic rings. The van der Waals surface area contributed by atoms with Crippen LogP contribution >= 0.6 is 11.6 Å². The maximum atomic E-state index is 11.7. The molecule has 0 amide bonds. The highest BCUT2D eigenvalue weighted by molar-refractivity contribution is 6.31. The molecule has 25 heavy (non-hydrogen) atoms. The minimum absolute atomic E-state index is 0.0920. The molecule has 1 aromatic carbocycles. The Balaban J connectivity index is 2.05. The lowest BCUT2D eigenvalue weighted by Crippen LogP contribution is -2.10. The molecule has 124 valence electrons. The second-order valence-electron chi connectivity index (χ2n) is 5.12. The Morgan fingerprint density at radius 3 is 2.88 bits per heavy atom. The number of aromatic amines is 1. The average molecular weight is 354 g/mol. The number of nitrogens with one attached hydrogen (secondary N) is 3. The fourth-order valence-corrected chi connectivity index (χ4v) is 2.63. The predicted molar refractivity (Wildman–Crippen MR) is 96.4 cm³/mol. The van der Waals surface area contributed by atoms with Gasteiger partial charge in [0, 0.05) is 29.0 Å². The lowest BCUT2D eigenvalue weighted by atomic mass is 10.1. The number of rotatable bonds is 5. The van der Waals surface area contributed by atoms with Crippen LogP contribution < -0.4 is 16.2 Å². The fourth-order valence-electron chi connectivity index (χ4n) is 2.43. The van der Waals surface area contributed by atoms with Crippen LogP contribution in [0.3, 0.4) is 0 Å². The number of hydrogen-bond donors (Lipinski definition) is 3. The Bertz CT molecular complexity index is 1060. The van der Waals surface area contributed by atoms with Crippen molar-refractivity contribution >= 4 is 45.9 Å². The quantitative estimate of drug-likeness (QED) is 0.480. The predicted octanol–water partition coefficient (Wildman–Crippen LogP) is 2.80. The number of nitrogens with zero attached hydrogens (tertiary/aromatic N) is 2. The summed E-state index contributed by atoms with van der Waals surface area (Å²) in [5, 5.41) is 16.1. The van der Waals surface area contributed by atoms with Crippen LogP contribution in [-0.4, -0.2) is 22.8 Å². The first-order chi connectivity index (χ1) is 12.1. The molecule has 0 radical (unpaired) electrons. The Kier molecular flexibility index (Phi) is 4.64. The summed E-state index contributed by atoms with van der Waals surface area (Å²) in [6.07, 6.45) is 2.22. The highest BCUT2D eigenvalue weighted by atomic mass is 35.5. The zero-order valence-electron chi connectivity index (χ0n) is 12.8. The minimum Gasteiger partial charge on any atom is -0.378 e. The van der Waals surface area contributed by atoms with E-state index in [1.54, 1.807) is 24.3 Å². The van der Waals surface area contributed by atoms with E-state index in [9.17, 15) is 14.9 Å². The summed E-state index contributed by atoms with van der Waals surface area (Å²) in [6.45, 7) is 0.0920. The zero-order chi connectivity index (χ0) is 17.8. The van der Waals surface area contributed by atoms with Crippen molar-refractivity contribution < 1.29 is 4.79 Å². The highest BCUT2D eigenvalue weighted by Gasteiger charge is 2.09. The van der Waals surface area contributed by atoms with Crippen molar-refractivity contribution in [2.45, 2.75) is 0 Å². The van der Waals surface area contributed by atoms with Crippen molar-refractivity contribution in [3.8, 4) is 6.07 Å². The van der Waals surface area contributed by atoms with Gasteiger partial charge in [-0.15, -0.1) is 0 Å². The number of benzene rings is 1. The second-order valence-corrected chi connectivity index (χ2v) is 5.47. The summed E-state index contributed by atoms with van der Waals surface area (Å²) >= 11 is 5.93. The lowest BCUT2D eigenvalue weighted by Gasteiger charge is -2.12. The largest absolute Gasteiger partial charge is 0.378 e. The molecule has 2 aromatic heterocycles. The van der Waals surface area contributed by atoms with Gasteiger partial charge in [0.25, 0.3) is 0 Å². The van der Waals surface area contributed by atoms with Gasteiger partial charge in [0.05, 0.1) is 17.7 Å². The Morgan fingerprint density at radius 1 is 1.28 bits per heavy atom. The van der Waals surface area contributed by atoms with Crippen molar-refractivity contribution in [1.29, 1.82) is 5.26 Å². The number of carbonyl (C=O) groups excluding carboxylic acids is 1. The second kappa shape index (κ2) is 7.03. The first-order valence-corrected chi connectivity index (χ1v) is 7.66. The van der Waals surface area contributed by atoms with E-state index in [0.29, 0.717) is 28.9 Å². The first-order valence-electron chi connectivity index (χ1n) is 7.28. The minimum atomic E-state index is -0.269. The SMILES string of the molecule is N#Cc1c(Nc2ccc3[nH]c(=O)cc(NCC=O)c3c2)ccnc1Cl. The van der Waals surface area contributed by atoms with Crippen LogP contribution in [0, 0.1) is 11.3 Å².